The molecule has 1 N–H and O–H groups in total. The summed E-state index contributed by atoms with van der Waals surface area (Å²) in [4.78, 5) is 10.8. The van der Waals surface area contributed by atoms with Crippen molar-refractivity contribution in [1.29, 1.82) is 0 Å². The average Bonchev–Trinajstić information content (AvgIpc) is 2.54. The lowest BCUT2D eigenvalue weighted by molar-refractivity contribution is -0.137. The third-order valence-corrected chi connectivity index (χ3v) is 2.59. The first-order valence-corrected chi connectivity index (χ1v) is 4.70. The van der Waals surface area contributed by atoms with E-state index >= 15 is 0 Å². The van der Waals surface area contributed by atoms with Crippen LogP contribution in [-0.4, -0.2) is 15.6 Å². The third-order valence-electron chi connectivity index (χ3n) is 2.59. The Bertz CT molecular complexity index is 599. The number of benzene rings is 1. The van der Waals surface area contributed by atoms with Crippen LogP contribution in [0.5, 0.6) is 0 Å². The van der Waals surface area contributed by atoms with Crippen molar-refractivity contribution in [3.8, 4) is 0 Å². The SMILES string of the molecule is Cn1c(C(=O)O)cc2cc(C(F)(F)F)ccc21. The van der Waals surface area contributed by atoms with E-state index in [2.05, 4.69) is 0 Å². The van der Waals surface area contributed by atoms with Crippen LogP contribution in [0.25, 0.3) is 10.9 Å². The Hall–Kier alpha value is -1.98. The number of aryl methyl sites for hydroxylation is 1. The molecule has 17 heavy (non-hydrogen) atoms. The minimum atomic E-state index is -4.42. The predicted octanol–water partition coefficient (Wildman–Crippen LogP) is 2.90. The number of alkyl halides is 3. The zero-order valence-corrected chi connectivity index (χ0v) is 8.75. The Morgan fingerprint density at radius 3 is 2.47 bits per heavy atom. The summed E-state index contributed by atoms with van der Waals surface area (Å²) in [6.45, 7) is 0. The molecule has 1 heterocycles. The second-order valence-electron chi connectivity index (χ2n) is 3.67. The number of carbonyl (C=O) groups is 1. The summed E-state index contributed by atoms with van der Waals surface area (Å²) in [5.74, 6) is -1.17. The van der Waals surface area contributed by atoms with Gasteiger partial charge in [0.05, 0.1) is 5.56 Å². The molecule has 0 saturated carbocycles. The quantitative estimate of drug-likeness (QED) is 0.836. The highest BCUT2D eigenvalue weighted by Gasteiger charge is 2.30. The zero-order valence-electron chi connectivity index (χ0n) is 8.75. The summed E-state index contributed by atoms with van der Waals surface area (Å²) >= 11 is 0. The molecule has 0 fully saturated rings. The van der Waals surface area contributed by atoms with Crippen molar-refractivity contribution in [2.75, 3.05) is 0 Å². The lowest BCUT2D eigenvalue weighted by Gasteiger charge is -2.06. The summed E-state index contributed by atoms with van der Waals surface area (Å²) in [6, 6.07) is 4.38. The number of hydrogen-bond acceptors (Lipinski definition) is 1. The number of rotatable bonds is 1. The summed E-state index contributed by atoms with van der Waals surface area (Å²) < 4.78 is 38.7. The summed E-state index contributed by atoms with van der Waals surface area (Å²) in [5, 5.41) is 9.12. The molecule has 0 atom stereocenters. The lowest BCUT2D eigenvalue weighted by Crippen LogP contribution is -2.04. The molecule has 0 aliphatic heterocycles. The van der Waals surface area contributed by atoms with Crippen LogP contribution in [0.1, 0.15) is 16.1 Å². The second kappa shape index (κ2) is 3.51. The number of nitrogens with zero attached hydrogens (tertiary/aromatic N) is 1. The van der Waals surface area contributed by atoms with Gasteiger partial charge in [0, 0.05) is 18.0 Å². The molecule has 90 valence electrons. The van der Waals surface area contributed by atoms with Crippen LogP contribution in [0.4, 0.5) is 13.2 Å². The Labute approximate surface area is 94.1 Å². The Balaban J connectivity index is 2.68. The summed E-state index contributed by atoms with van der Waals surface area (Å²) in [7, 11) is 1.50. The second-order valence-corrected chi connectivity index (χ2v) is 3.67. The van der Waals surface area contributed by atoms with Crippen LogP contribution in [0.2, 0.25) is 0 Å². The fourth-order valence-electron chi connectivity index (χ4n) is 1.73. The van der Waals surface area contributed by atoms with Crippen molar-refractivity contribution in [3.63, 3.8) is 0 Å². The van der Waals surface area contributed by atoms with E-state index in [9.17, 15) is 18.0 Å². The van der Waals surface area contributed by atoms with Crippen molar-refractivity contribution in [2.24, 2.45) is 7.05 Å². The standard InChI is InChI=1S/C11H8F3NO2/c1-15-8-3-2-7(11(12,13)14)4-6(8)5-9(15)10(16)17/h2-5H,1H3,(H,16,17). The number of fused-ring (bicyclic) bond motifs is 1. The number of aromatic nitrogens is 1. The highest BCUT2D eigenvalue weighted by Crippen LogP contribution is 2.32. The van der Waals surface area contributed by atoms with Crippen molar-refractivity contribution >= 4 is 16.9 Å². The maximum Gasteiger partial charge on any atom is 0.416 e. The first-order valence-electron chi connectivity index (χ1n) is 4.70. The van der Waals surface area contributed by atoms with Gasteiger partial charge in [-0.1, -0.05) is 0 Å². The number of carboxylic acids is 1. The van der Waals surface area contributed by atoms with Gasteiger partial charge in [0.1, 0.15) is 5.69 Å². The van der Waals surface area contributed by atoms with Crippen LogP contribution in [-0.2, 0) is 13.2 Å². The molecule has 0 bridgehead atoms. The molecule has 0 radical (unpaired) electrons. The fourth-order valence-corrected chi connectivity index (χ4v) is 1.73. The van der Waals surface area contributed by atoms with E-state index in [1.807, 2.05) is 0 Å². The Morgan fingerprint density at radius 2 is 1.94 bits per heavy atom. The van der Waals surface area contributed by atoms with E-state index in [1.54, 1.807) is 0 Å². The molecule has 1 aromatic carbocycles. The monoisotopic (exact) mass is 243 g/mol. The van der Waals surface area contributed by atoms with Crippen LogP contribution < -0.4 is 0 Å². The van der Waals surface area contributed by atoms with Gasteiger partial charge in [0.25, 0.3) is 0 Å². The zero-order chi connectivity index (χ0) is 12.8. The topological polar surface area (TPSA) is 42.2 Å². The number of hydrogen-bond donors (Lipinski definition) is 1. The van der Waals surface area contributed by atoms with Gasteiger partial charge >= 0.3 is 12.1 Å². The van der Waals surface area contributed by atoms with Gasteiger partial charge < -0.3 is 9.67 Å². The van der Waals surface area contributed by atoms with E-state index < -0.39 is 17.7 Å². The third kappa shape index (κ3) is 1.86. The van der Waals surface area contributed by atoms with Crippen LogP contribution in [0, 0.1) is 0 Å². The molecule has 0 saturated heterocycles. The van der Waals surface area contributed by atoms with E-state index in [1.165, 1.54) is 23.7 Å². The van der Waals surface area contributed by atoms with Gasteiger partial charge in [0.15, 0.2) is 0 Å². The highest BCUT2D eigenvalue weighted by molar-refractivity contribution is 5.94. The fraction of sp³-hybridized carbons (Fsp3) is 0.182. The first kappa shape index (κ1) is 11.5. The molecule has 0 spiro atoms. The molecule has 2 aromatic rings. The lowest BCUT2D eigenvalue weighted by atomic mass is 10.1. The average molecular weight is 243 g/mol. The molecular weight excluding hydrogens is 235 g/mol. The molecule has 6 heteroatoms. The van der Waals surface area contributed by atoms with Crippen molar-refractivity contribution < 1.29 is 23.1 Å². The van der Waals surface area contributed by atoms with Gasteiger partial charge in [-0.05, 0) is 24.3 Å². The van der Waals surface area contributed by atoms with Gasteiger partial charge in [-0.3, -0.25) is 0 Å². The molecule has 0 amide bonds. The normalized spacial score (nSPS) is 12.0. The van der Waals surface area contributed by atoms with E-state index in [-0.39, 0.29) is 11.1 Å². The maximum atomic E-state index is 12.5. The van der Waals surface area contributed by atoms with Crippen LogP contribution >= 0.6 is 0 Å². The predicted molar refractivity (Wildman–Crippen MR) is 54.9 cm³/mol. The Morgan fingerprint density at radius 1 is 1.29 bits per heavy atom. The first-order chi connectivity index (χ1) is 7.80. The minimum absolute atomic E-state index is 0.0423. The van der Waals surface area contributed by atoms with Crippen LogP contribution in [0.15, 0.2) is 24.3 Å². The van der Waals surface area contributed by atoms with Gasteiger partial charge in [-0.2, -0.15) is 13.2 Å². The Kier molecular flexibility index (Phi) is 2.38. The molecule has 1 aromatic heterocycles. The molecule has 3 nitrogen and oxygen atoms in total. The smallest absolute Gasteiger partial charge is 0.416 e. The molecule has 0 aliphatic rings. The van der Waals surface area contributed by atoms with E-state index in [0.29, 0.717) is 5.52 Å². The number of aromatic carboxylic acids is 1. The van der Waals surface area contributed by atoms with Crippen molar-refractivity contribution in [1.82, 2.24) is 4.57 Å². The largest absolute Gasteiger partial charge is 0.477 e. The van der Waals surface area contributed by atoms with E-state index in [4.69, 9.17) is 5.11 Å². The molecule has 0 unspecified atom stereocenters. The molecule has 0 aliphatic carbocycles. The van der Waals surface area contributed by atoms with Crippen molar-refractivity contribution in [2.45, 2.75) is 6.18 Å². The summed E-state index contributed by atoms with van der Waals surface area (Å²) in [6.07, 6.45) is -4.42. The van der Waals surface area contributed by atoms with Crippen LogP contribution in [0.3, 0.4) is 0 Å². The van der Waals surface area contributed by atoms with E-state index in [0.717, 1.165) is 12.1 Å². The molecule has 2 rings (SSSR count). The maximum absolute atomic E-state index is 12.5. The minimum Gasteiger partial charge on any atom is -0.477 e. The van der Waals surface area contributed by atoms with Gasteiger partial charge in [-0.15, -0.1) is 0 Å². The van der Waals surface area contributed by atoms with Crippen molar-refractivity contribution in [3.05, 3.63) is 35.5 Å². The number of halogens is 3. The van der Waals surface area contributed by atoms with Gasteiger partial charge in [0.2, 0.25) is 0 Å². The highest BCUT2D eigenvalue weighted by atomic mass is 19.4. The van der Waals surface area contributed by atoms with Gasteiger partial charge in [-0.25, -0.2) is 4.79 Å². The summed E-state index contributed by atoms with van der Waals surface area (Å²) in [5.41, 5.74) is -0.373. The number of carboxylic acid groups (broad SMARTS) is 1. The molecular formula is C11H8F3NO2.